The van der Waals surface area contributed by atoms with Gasteiger partial charge in [0.15, 0.2) is 0 Å². The highest BCUT2D eigenvalue weighted by atomic mass is 19.4. The van der Waals surface area contributed by atoms with Crippen LogP contribution in [0.5, 0.6) is 17.2 Å². The maximum atomic E-state index is 12.9. The topological polar surface area (TPSA) is 77.5 Å². The minimum atomic E-state index is -4.44. The maximum Gasteiger partial charge on any atom is 0.416 e. The summed E-state index contributed by atoms with van der Waals surface area (Å²) in [5.41, 5.74) is 0.759. The Morgan fingerprint density at radius 1 is 1.09 bits per heavy atom. The molecule has 0 spiro atoms. The number of nitrogens with one attached hydrogen (secondary N) is 1. The third kappa shape index (κ3) is 4.71. The molecule has 1 fully saturated rings. The molecule has 1 aliphatic carbocycles. The molecule has 180 valence electrons. The minimum Gasteiger partial charge on any atom is -0.489 e. The summed E-state index contributed by atoms with van der Waals surface area (Å²) >= 11 is 0. The molecule has 2 aliphatic rings. The van der Waals surface area contributed by atoms with Gasteiger partial charge >= 0.3 is 6.18 Å². The molecule has 1 unspecified atom stereocenters. The highest BCUT2D eigenvalue weighted by Crippen LogP contribution is 2.60. The van der Waals surface area contributed by atoms with Crippen LogP contribution >= 0.6 is 0 Å². The highest BCUT2D eigenvalue weighted by Gasteiger charge is 2.59. The summed E-state index contributed by atoms with van der Waals surface area (Å²) in [7, 11) is 1.52. The van der Waals surface area contributed by atoms with Crippen LogP contribution in [0.15, 0.2) is 60.8 Å². The fourth-order valence-corrected chi connectivity index (χ4v) is 4.54. The van der Waals surface area contributed by atoms with Crippen LogP contribution in [0, 0.1) is 5.92 Å². The van der Waals surface area contributed by atoms with Gasteiger partial charge in [0, 0.05) is 49.6 Å². The van der Waals surface area contributed by atoms with Crippen molar-refractivity contribution in [2.24, 2.45) is 5.92 Å². The van der Waals surface area contributed by atoms with Crippen molar-refractivity contribution in [1.82, 2.24) is 10.3 Å². The minimum absolute atomic E-state index is 0.0168. The largest absolute Gasteiger partial charge is 0.489 e. The zero-order chi connectivity index (χ0) is 24.7. The van der Waals surface area contributed by atoms with Crippen molar-refractivity contribution in [3.05, 3.63) is 83.2 Å². The van der Waals surface area contributed by atoms with E-state index in [9.17, 15) is 22.8 Å². The van der Waals surface area contributed by atoms with Gasteiger partial charge in [-0.15, -0.1) is 0 Å². The number of Topliss-reactive ketones (excluding diaryl/α,β-unsaturated/α-hetero) is 1. The third-order valence-electron chi connectivity index (χ3n) is 6.25. The second-order valence-corrected chi connectivity index (χ2v) is 8.65. The Morgan fingerprint density at radius 2 is 1.89 bits per heavy atom. The first-order valence-electron chi connectivity index (χ1n) is 11.1. The molecule has 35 heavy (non-hydrogen) atoms. The third-order valence-corrected chi connectivity index (χ3v) is 6.25. The number of hydrogen-bond donors (Lipinski definition) is 1. The van der Waals surface area contributed by atoms with Crippen molar-refractivity contribution in [1.29, 1.82) is 0 Å². The van der Waals surface area contributed by atoms with Gasteiger partial charge in [-0.2, -0.15) is 13.2 Å². The molecule has 1 aromatic heterocycles. The van der Waals surface area contributed by atoms with Gasteiger partial charge in [-0.3, -0.25) is 14.6 Å². The number of fused-ring (bicyclic) bond motifs is 3. The maximum absolute atomic E-state index is 12.9. The molecule has 3 atom stereocenters. The normalized spacial score (nSPS) is 19.8. The summed E-state index contributed by atoms with van der Waals surface area (Å²) in [5, 5.41) is 2.51. The molecule has 0 radical (unpaired) electrons. The van der Waals surface area contributed by atoms with Crippen LogP contribution in [0.4, 0.5) is 13.2 Å². The molecule has 9 heteroatoms. The number of alkyl halides is 3. The molecule has 3 aromatic rings. The molecule has 1 N–H and O–H groups in total. The van der Waals surface area contributed by atoms with Gasteiger partial charge < -0.3 is 14.8 Å². The highest BCUT2D eigenvalue weighted by molar-refractivity contribution is 5.92. The van der Waals surface area contributed by atoms with E-state index < -0.39 is 11.7 Å². The van der Waals surface area contributed by atoms with Crippen LogP contribution in [0.3, 0.4) is 0 Å². The first kappa shape index (κ1) is 22.9. The molecule has 1 amide bonds. The summed E-state index contributed by atoms with van der Waals surface area (Å²) in [5.74, 6) is 1.32. The number of ether oxygens (including phenoxy) is 2. The lowest BCUT2D eigenvalue weighted by atomic mass is 10.0. The second-order valence-electron chi connectivity index (χ2n) is 8.65. The van der Waals surface area contributed by atoms with Crippen molar-refractivity contribution in [2.75, 3.05) is 7.05 Å². The number of pyridine rings is 1. The number of nitrogens with zero attached hydrogens (tertiary/aromatic N) is 1. The van der Waals surface area contributed by atoms with E-state index in [0.29, 0.717) is 17.1 Å². The van der Waals surface area contributed by atoms with E-state index in [1.54, 1.807) is 18.2 Å². The molecule has 1 aliphatic heterocycles. The number of rotatable bonds is 7. The predicted octanol–water partition coefficient (Wildman–Crippen LogP) is 4.93. The van der Waals surface area contributed by atoms with E-state index in [1.807, 2.05) is 6.07 Å². The van der Waals surface area contributed by atoms with E-state index in [4.69, 9.17) is 9.47 Å². The van der Waals surface area contributed by atoms with Gasteiger partial charge in [0.2, 0.25) is 0 Å². The van der Waals surface area contributed by atoms with E-state index in [-0.39, 0.29) is 48.2 Å². The fourth-order valence-electron chi connectivity index (χ4n) is 4.54. The Balaban J connectivity index is 1.23. The fraction of sp³-hybridized carbons (Fsp3) is 0.269. The van der Waals surface area contributed by atoms with E-state index in [1.165, 1.54) is 31.4 Å². The van der Waals surface area contributed by atoms with Crippen LogP contribution in [-0.4, -0.2) is 29.8 Å². The number of carbonyl (C=O) groups excluding carboxylic acids is 2. The van der Waals surface area contributed by atoms with E-state index in [2.05, 4.69) is 10.3 Å². The van der Waals surface area contributed by atoms with Crippen LogP contribution in [0.2, 0.25) is 0 Å². The van der Waals surface area contributed by atoms with Crippen molar-refractivity contribution in [3.8, 4) is 17.2 Å². The van der Waals surface area contributed by atoms with Gasteiger partial charge in [0.25, 0.3) is 5.91 Å². The van der Waals surface area contributed by atoms with E-state index in [0.717, 1.165) is 23.4 Å². The molecular weight excluding hydrogens is 461 g/mol. The number of amides is 1. The first-order valence-corrected chi connectivity index (χ1v) is 11.1. The molecule has 1 saturated carbocycles. The predicted molar refractivity (Wildman–Crippen MR) is 120 cm³/mol. The summed E-state index contributed by atoms with van der Waals surface area (Å²) < 4.78 is 50.7. The van der Waals surface area contributed by atoms with Crippen LogP contribution in [-0.2, 0) is 17.4 Å². The molecule has 0 bridgehead atoms. The summed E-state index contributed by atoms with van der Waals surface area (Å²) in [6.07, 6.45) is -2.89. The molecule has 5 rings (SSSR count). The smallest absolute Gasteiger partial charge is 0.416 e. The van der Waals surface area contributed by atoms with E-state index >= 15 is 0 Å². The molecular formula is C26H21F3N2O4. The number of ketones is 1. The van der Waals surface area contributed by atoms with Gasteiger partial charge in [-0.25, -0.2) is 0 Å². The molecule has 0 saturated heterocycles. The quantitative estimate of drug-likeness (QED) is 0.517. The number of carbonyl (C=O) groups is 2. The summed E-state index contributed by atoms with van der Waals surface area (Å²) in [6, 6.07) is 13.5. The molecule has 2 aromatic carbocycles. The van der Waals surface area contributed by atoms with Crippen LogP contribution in [0.1, 0.15) is 39.5 Å². The van der Waals surface area contributed by atoms with Gasteiger partial charge in [-0.05, 0) is 35.9 Å². The second kappa shape index (κ2) is 8.72. The summed E-state index contributed by atoms with van der Waals surface area (Å²) in [4.78, 5) is 28.4. The van der Waals surface area contributed by atoms with Crippen LogP contribution < -0.4 is 14.8 Å². The Bertz CT molecular complexity index is 1310. The Morgan fingerprint density at radius 3 is 2.66 bits per heavy atom. The Hall–Kier alpha value is -3.88. The standard InChI is InChI=1S/C26H21F3N2O4/c1-30-25(33)21-13-18(7-8-31-21)34-17-5-6-22-19(12-17)23-20(24(23)35-22)11-16(32)10-14-3-2-4-15(9-14)26(27,28)29/h2-9,12-13,20,23-24H,10-11H2,1H3,(H,30,33)/t20?,23-,24+/m0/s1. The monoisotopic (exact) mass is 482 g/mol. The average Bonchev–Trinajstić information content (AvgIpc) is 3.34. The zero-order valence-electron chi connectivity index (χ0n) is 18.6. The SMILES string of the molecule is CNC(=O)c1cc(Oc2ccc3c(c2)[C@H]2C(CC(=O)Cc4cccc(C(F)(F)F)c4)[C@H]2O3)ccn1. The average molecular weight is 482 g/mol. The van der Waals surface area contributed by atoms with Crippen molar-refractivity contribution >= 4 is 11.7 Å². The Kier molecular flexibility index (Phi) is 5.70. The lowest BCUT2D eigenvalue weighted by Gasteiger charge is -2.12. The zero-order valence-corrected chi connectivity index (χ0v) is 18.6. The molecule has 6 nitrogen and oxygen atoms in total. The first-order chi connectivity index (χ1) is 16.7. The number of hydrogen-bond acceptors (Lipinski definition) is 5. The number of aromatic nitrogens is 1. The van der Waals surface area contributed by atoms with Crippen molar-refractivity contribution in [3.63, 3.8) is 0 Å². The molecule has 2 heterocycles. The number of benzene rings is 2. The van der Waals surface area contributed by atoms with Crippen molar-refractivity contribution < 1.29 is 32.2 Å². The van der Waals surface area contributed by atoms with Crippen molar-refractivity contribution in [2.45, 2.75) is 31.0 Å². The Labute approximate surface area is 199 Å². The van der Waals surface area contributed by atoms with Crippen LogP contribution in [0.25, 0.3) is 0 Å². The summed E-state index contributed by atoms with van der Waals surface area (Å²) in [6.45, 7) is 0. The number of halogens is 3. The van der Waals surface area contributed by atoms with Gasteiger partial charge in [0.05, 0.1) is 5.56 Å². The van der Waals surface area contributed by atoms with Gasteiger partial charge in [0.1, 0.15) is 34.8 Å². The van der Waals surface area contributed by atoms with Gasteiger partial charge in [-0.1, -0.05) is 18.2 Å². The lowest BCUT2D eigenvalue weighted by Crippen LogP contribution is -2.18. The lowest BCUT2D eigenvalue weighted by molar-refractivity contribution is -0.137.